The van der Waals surface area contributed by atoms with Crippen molar-refractivity contribution >= 4 is 10.0 Å². The molecule has 6 heteroatoms. The van der Waals surface area contributed by atoms with Gasteiger partial charge in [-0.25, -0.2) is 13.1 Å². The zero-order valence-corrected chi connectivity index (χ0v) is 11.6. The van der Waals surface area contributed by atoms with Crippen molar-refractivity contribution in [3.8, 4) is 0 Å². The Morgan fingerprint density at radius 3 is 2.78 bits per heavy atom. The first kappa shape index (κ1) is 13.6. The summed E-state index contributed by atoms with van der Waals surface area (Å²) in [5, 5.41) is 3.31. The summed E-state index contributed by atoms with van der Waals surface area (Å²) >= 11 is 0. The second-order valence-corrected chi connectivity index (χ2v) is 6.51. The molecule has 2 N–H and O–H groups in total. The Bertz CT molecular complexity index is 501. The smallest absolute Gasteiger partial charge is 0.244 e. The van der Waals surface area contributed by atoms with E-state index in [0.717, 1.165) is 19.4 Å². The second-order valence-electron chi connectivity index (χ2n) is 4.78. The van der Waals surface area contributed by atoms with E-state index in [1.165, 1.54) is 6.42 Å². The molecule has 1 fully saturated rings. The molecule has 0 bridgehead atoms. The summed E-state index contributed by atoms with van der Waals surface area (Å²) in [6.07, 6.45) is 3.35. The summed E-state index contributed by atoms with van der Waals surface area (Å²) in [4.78, 5) is 0.246. The molecule has 1 aliphatic heterocycles. The molecule has 0 spiro atoms. The summed E-state index contributed by atoms with van der Waals surface area (Å²) in [5.41, 5.74) is 0. The molecule has 1 unspecified atom stereocenters. The highest BCUT2D eigenvalue weighted by Gasteiger charge is 2.22. The van der Waals surface area contributed by atoms with E-state index >= 15 is 0 Å². The molecule has 1 aromatic heterocycles. The van der Waals surface area contributed by atoms with E-state index in [1.807, 2.05) is 0 Å². The van der Waals surface area contributed by atoms with Crippen LogP contribution in [0, 0.1) is 13.8 Å². The number of piperidine rings is 1. The zero-order chi connectivity index (χ0) is 13.2. The maximum atomic E-state index is 12.1. The minimum Gasteiger partial charge on any atom is -0.465 e. The molecule has 1 aliphatic rings. The molecular formula is C12H20N2O3S. The lowest BCUT2D eigenvalue weighted by Gasteiger charge is -2.23. The molecule has 0 saturated carbocycles. The van der Waals surface area contributed by atoms with Gasteiger partial charge in [-0.05, 0) is 39.3 Å². The normalized spacial score (nSPS) is 21.1. The third kappa shape index (κ3) is 3.13. The van der Waals surface area contributed by atoms with Crippen LogP contribution in [-0.2, 0) is 10.0 Å². The number of sulfonamides is 1. The van der Waals surface area contributed by atoms with Crippen molar-refractivity contribution in [1.29, 1.82) is 0 Å². The highest BCUT2D eigenvalue weighted by Crippen LogP contribution is 2.19. The largest absolute Gasteiger partial charge is 0.465 e. The average molecular weight is 272 g/mol. The number of rotatable bonds is 4. The quantitative estimate of drug-likeness (QED) is 0.867. The average Bonchev–Trinajstić information content (AvgIpc) is 2.68. The topological polar surface area (TPSA) is 71.3 Å². The number of hydrogen-bond donors (Lipinski definition) is 2. The maximum Gasteiger partial charge on any atom is 0.244 e. The van der Waals surface area contributed by atoms with Crippen LogP contribution in [0.15, 0.2) is 15.4 Å². The second kappa shape index (κ2) is 5.42. The van der Waals surface area contributed by atoms with Crippen LogP contribution in [0.25, 0.3) is 0 Å². The Hall–Kier alpha value is -0.850. The van der Waals surface area contributed by atoms with Crippen molar-refractivity contribution < 1.29 is 12.8 Å². The SMILES string of the molecule is Cc1cc(S(=O)(=O)NCC2CCCCN2)c(C)o1. The summed E-state index contributed by atoms with van der Waals surface area (Å²) in [5.74, 6) is 1.06. The third-order valence-electron chi connectivity index (χ3n) is 3.22. The molecule has 1 saturated heterocycles. The first-order valence-corrected chi connectivity index (χ1v) is 7.77. The molecular weight excluding hydrogens is 252 g/mol. The van der Waals surface area contributed by atoms with Gasteiger partial charge in [-0.2, -0.15) is 0 Å². The van der Waals surface area contributed by atoms with Gasteiger partial charge >= 0.3 is 0 Å². The van der Waals surface area contributed by atoms with Crippen LogP contribution in [-0.4, -0.2) is 27.5 Å². The van der Waals surface area contributed by atoms with Crippen LogP contribution >= 0.6 is 0 Å². The van der Waals surface area contributed by atoms with Crippen LogP contribution in [0.5, 0.6) is 0 Å². The molecule has 0 amide bonds. The van der Waals surface area contributed by atoms with Gasteiger partial charge in [0.1, 0.15) is 16.4 Å². The molecule has 0 radical (unpaired) electrons. The van der Waals surface area contributed by atoms with E-state index in [0.29, 0.717) is 18.1 Å². The lowest BCUT2D eigenvalue weighted by molar-refractivity contribution is 0.398. The van der Waals surface area contributed by atoms with Gasteiger partial charge in [0.15, 0.2) is 0 Å². The zero-order valence-electron chi connectivity index (χ0n) is 10.8. The predicted octanol–water partition coefficient (Wildman–Crippen LogP) is 1.32. The molecule has 102 valence electrons. The summed E-state index contributed by atoms with van der Waals surface area (Å²) in [6, 6.07) is 1.80. The Kier molecular flexibility index (Phi) is 4.09. The van der Waals surface area contributed by atoms with Gasteiger partial charge in [0.05, 0.1) is 0 Å². The maximum absolute atomic E-state index is 12.1. The minimum absolute atomic E-state index is 0.238. The summed E-state index contributed by atoms with van der Waals surface area (Å²) < 4.78 is 32.1. The lowest BCUT2D eigenvalue weighted by Crippen LogP contribution is -2.43. The van der Waals surface area contributed by atoms with Crippen molar-refractivity contribution in [2.24, 2.45) is 0 Å². The third-order valence-corrected chi connectivity index (χ3v) is 4.75. The van der Waals surface area contributed by atoms with E-state index in [9.17, 15) is 8.42 Å². The number of nitrogens with one attached hydrogen (secondary N) is 2. The van der Waals surface area contributed by atoms with Crippen LogP contribution < -0.4 is 10.0 Å². The fourth-order valence-electron chi connectivity index (χ4n) is 2.26. The van der Waals surface area contributed by atoms with E-state index in [2.05, 4.69) is 10.0 Å². The van der Waals surface area contributed by atoms with E-state index in [-0.39, 0.29) is 10.9 Å². The first-order valence-electron chi connectivity index (χ1n) is 6.29. The van der Waals surface area contributed by atoms with Gasteiger partial charge in [0, 0.05) is 12.6 Å². The summed E-state index contributed by atoms with van der Waals surface area (Å²) in [7, 11) is -3.45. The van der Waals surface area contributed by atoms with Gasteiger partial charge < -0.3 is 9.73 Å². The first-order chi connectivity index (χ1) is 8.49. The molecule has 0 aliphatic carbocycles. The van der Waals surface area contributed by atoms with Crippen molar-refractivity contribution in [3.05, 3.63) is 17.6 Å². The standard InChI is InChI=1S/C12H20N2O3S/c1-9-7-12(10(2)17-9)18(15,16)14-8-11-5-3-4-6-13-11/h7,11,13-14H,3-6,8H2,1-2H3. The van der Waals surface area contributed by atoms with E-state index in [1.54, 1.807) is 19.9 Å². The monoisotopic (exact) mass is 272 g/mol. The molecule has 18 heavy (non-hydrogen) atoms. The van der Waals surface area contributed by atoms with Crippen molar-refractivity contribution in [2.45, 2.75) is 44.0 Å². The van der Waals surface area contributed by atoms with Crippen molar-refractivity contribution in [2.75, 3.05) is 13.1 Å². The van der Waals surface area contributed by atoms with Crippen LogP contribution in [0.1, 0.15) is 30.8 Å². The molecule has 1 atom stereocenters. The molecule has 1 aromatic rings. The van der Waals surface area contributed by atoms with Crippen molar-refractivity contribution in [1.82, 2.24) is 10.0 Å². The number of aryl methyl sites for hydroxylation is 2. The molecule has 2 heterocycles. The van der Waals surface area contributed by atoms with Crippen molar-refractivity contribution in [3.63, 3.8) is 0 Å². The van der Waals surface area contributed by atoms with Crippen LogP contribution in [0.4, 0.5) is 0 Å². The molecule has 5 nitrogen and oxygen atoms in total. The Labute approximate surface area is 108 Å². The fourth-order valence-corrected chi connectivity index (χ4v) is 3.58. The van der Waals surface area contributed by atoms with Gasteiger partial charge in [-0.15, -0.1) is 0 Å². The van der Waals surface area contributed by atoms with Gasteiger partial charge in [0.2, 0.25) is 10.0 Å². The predicted molar refractivity (Wildman–Crippen MR) is 69.0 cm³/mol. The van der Waals surface area contributed by atoms with Gasteiger partial charge in [0.25, 0.3) is 0 Å². The number of furan rings is 1. The summed E-state index contributed by atoms with van der Waals surface area (Å²) in [6.45, 7) is 4.82. The van der Waals surface area contributed by atoms with Gasteiger partial charge in [-0.3, -0.25) is 0 Å². The fraction of sp³-hybridized carbons (Fsp3) is 0.667. The molecule has 0 aromatic carbocycles. The van der Waals surface area contributed by atoms with Crippen LogP contribution in [0.3, 0.4) is 0 Å². The van der Waals surface area contributed by atoms with E-state index in [4.69, 9.17) is 4.42 Å². The molecule has 2 rings (SSSR count). The minimum atomic E-state index is -3.45. The van der Waals surface area contributed by atoms with Gasteiger partial charge in [-0.1, -0.05) is 6.42 Å². The highest BCUT2D eigenvalue weighted by atomic mass is 32.2. The number of hydrogen-bond acceptors (Lipinski definition) is 4. The Balaban J connectivity index is 2.01. The van der Waals surface area contributed by atoms with E-state index < -0.39 is 10.0 Å². The highest BCUT2D eigenvalue weighted by molar-refractivity contribution is 7.89. The Morgan fingerprint density at radius 2 is 2.22 bits per heavy atom. The lowest BCUT2D eigenvalue weighted by atomic mass is 10.1. The van der Waals surface area contributed by atoms with Crippen LogP contribution in [0.2, 0.25) is 0 Å². The Morgan fingerprint density at radius 1 is 1.44 bits per heavy atom.